The first-order valence-corrected chi connectivity index (χ1v) is 17.6. The molecule has 1 aromatic heterocycles. The quantitative estimate of drug-likeness (QED) is 0.189. The highest BCUT2D eigenvalue weighted by atomic mass is 16.3. The molecule has 0 aliphatic heterocycles. The van der Waals surface area contributed by atoms with Crippen LogP contribution in [0.2, 0.25) is 0 Å². The summed E-state index contributed by atoms with van der Waals surface area (Å²) in [4.78, 5) is 2.42. The first-order valence-electron chi connectivity index (χ1n) is 17.6. The minimum Gasteiger partial charge on any atom is -0.456 e. The smallest absolute Gasteiger partial charge is 0.137 e. The molecule has 0 saturated carbocycles. The van der Waals surface area contributed by atoms with Gasteiger partial charge in [-0.1, -0.05) is 146 Å². The summed E-state index contributed by atoms with van der Waals surface area (Å²) in [5.74, 6) is 0. The van der Waals surface area contributed by atoms with Crippen LogP contribution in [-0.2, 0) is 5.41 Å². The van der Waals surface area contributed by atoms with E-state index in [9.17, 15) is 0 Å². The van der Waals surface area contributed by atoms with Gasteiger partial charge in [-0.2, -0.15) is 0 Å². The van der Waals surface area contributed by atoms with Crippen molar-refractivity contribution in [2.45, 2.75) is 5.41 Å². The van der Waals surface area contributed by atoms with Crippen LogP contribution in [0.3, 0.4) is 0 Å². The van der Waals surface area contributed by atoms with E-state index in [1.54, 1.807) is 0 Å². The van der Waals surface area contributed by atoms with Crippen molar-refractivity contribution in [1.29, 1.82) is 0 Å². The fourth-order valence-corrected chi connectivity index (χ4v) is 9.03. The van der Waals surface area contributed by atoms with Crippen LogP contribution in [0.4, 0.5) is 17.1 Å². The molecule has 8 aromatic carbocycles. The maximum atomic E-state index is 6.47. The topological polar surface area (TPSA) is 16.4 Å². The highest BCUT2D eigenvalue weighted by Gasteiger charge is 2.51. The Morgan fingerprint density at radius 2 is 0.863 bits per heavy atom. The van der Waals surface area contributed by atoms with Gasteiger partial charge in [0, 0.05) is 33.8 Å². The second-order valence-electron chi connectivity index (χ2n) is 13.6. The van der Waals surface area contributed by atoms with Gasteiger partial charge in [0.1, 0.15) is 11.2 Å². The Bertz CT molecular complexity index is 2760. The number of furan rings is 1. The van der Waals surface area contributed by atoms with Crippen LogP contribution in [0.1, 0.15) is 22.3 Å². The number of hydrogen-bond acceptors (Lipinski definition) is 2. The van der Waals surface area contributed by atoms with E-state index >= 15 is 0 Å². The summed E-state index contributed by atoms with van der Waals surface area (Å²) < 4.78 is 6.47. The van der Waals surface area contributed by atoms with E-state index in [0.29, 0.717) is 0 Å². The van der Waals surface area contributed by atoms with Gasteiger partial charge >= 0.3 is 0 Å². The van der Waals surface area contributed by atoms with E-state index in [1.807, 2.05) is 12.1 Å². The highest BCUT2D eigenvalue weighted by molar-refractivity contribution is 6.06. The molecule has 0 atom stereocenters. The van der Waals surface area contributed by atoms with Crippen molar-refractivity contribution in [3.05, 3.63) is 210 Å². The summed E-state index contributed by atoms with van der Waals surface area (Å²) in [5, 5.41) is 2.25. The summed E-state index contributed by atoms with van der Waals surface area (Å²) in [7, 11) is 0. The number of benzene rings is 8. The third-order valence-electron chi connectivity index (χ3n) is 11.1. The molecular formula is C49H31NO. The van der Waals surface area contributed by atoms with E-state index in [0.717, 1.165) is 44.6 Å². The molecule has 11 rings (SSSR count). The Balaban J connectivity index is 1.21. The van der Waals surface area contributed by atoms with Crippen LogP contribution in [0.5, 0.6) is 0 Å². The van der Waals surface area contributed by atoms with Crippen molar-refractivity contribution in [3.8, 4) is 33.4 Å². The monoisotopic (exact) mass is 649 g/mol. The van der Waals surface area contributed by atoms with E-state index in [4.69, 9.17) is 4.42 Å². The third-order valence-corrected chi connectivity index (χ3v) is 11.1. The molecule has 2 aliphatic carbocycles. The molecular weight excluding hydrogens is 619 g/mol. The number of hydrogen-bond donors (Lipinski definition) is 0. The normalized spacial score (nSPS) is 13.3. The fraction of sp³-hybridized carbons (Fsp3) is 0.0204. The molecule has 51 heavy (non-hydrogen) atoms. The van der Waals surface area contributed by atoms with Gasteiger partial charge in [-0.15, -0.1) is 0 Å². The fourth-order valence-electron chi connectivity index (χ4n) is 9.03. The Morgan fingerprint density at radius 3 is 1.57 bits per heavy atom. The van der Waals surface area contributed by atoms with Gasteiger partial charge in [-0.25, -0.2) is 0 Å². The number of para-hydroxylation sites is 2. The molecule has 0 fully saturated rings. The van der Waals surface area contributed by atoms with Gasteiger partial charge in [0.05, 0.1) is 11.1 Å². The average molecular weight is 650 g/mol. The first kappa shape index (κ1) is 28.2. The summed E-state index contributed by atoms with van der Waals surface area (Å²) in [6.45, 7) is 0. The molecule has 1 heterocycles. The van der Waals surface area contributed by atoms with Gasteiger partial charge < -0.3 is 9.32 Å². The minimum absolute atomic E-state index is 0.428. The molecule has 2 aliphatic rings. The number of rotatable bonds is 4. The van der Waals surface area contributed by atoms with Crippen LogP contribution < -0.4 is 4.90 Å². The summed E-state index contributed by atoms with van der Waals surface area (Å²) >= 11 is 0. The molecule has 0 unspecified atom stereocenters. The molecule has 0 N–H and O–H groups in total. The molecule has 2 heteroatoms. The Kier molecular flexibility index (Phi) is 5.91. The predicted octanol–water partition coefficient (Wildman–Crippen LogP) is 13.1. The summed E-state index contributed by atoms with van der Waals surface area (Å²) in [6, 6.07) is 68.5. The van der Waals surface area contributed by atoms with Crippen molar-refractivity contribution >= 4 is 39.0 Å². The zero-order valence-corrected chi connectivity index (χ0v) is 27.8. The lowest BCUT2D eigenvalue weighted by Gasteiger charge is -2.32. The SMILES string of the molecule is c1ccc(-c2ccccc2N(c2ccc3c(c2)C2(c4ccccc4-c4ccccc42)c2ccccc2-3)c2ccc3c(c2)oc2ccccc23)cc1. The van der Waals surface area contributed by atoms with Crippen molar-refractivity contribution < 1.29 is 4.42 Å². The van der Waals surface area contributed by atoms with Gasteiger partial charge in [-0.05, 0) is 86.5 Å². The molecule has 0 saturated heterocycles. The highest BCUT2D eigenvalue weighted by Crippen LogP contribution is 2.63. The number of fused-ring (bicyclic) bond motifs is 13. The zero-order chi connectivity index (χ0) is 33.5. The number of nitrogens with zero attached hydrogens (tertiary/aromatic N) is 1. The van der Waals surface area contributed by atoms with Crippen LogP contribution in [0.15, 0.2) is 192 Å². The van der Waals surface area contributed by atoms with E-state index in [1.165, 1.54) is 50.1 Å². The lowest BCUT2D eigenvalue weighted by atomic mass is 9.70. The van der Waals surface area contributed by atoms with Gasteiger partial charge in [-0.3, -0.25) is 0 Å². The number of anilines is 3. The van der Waals surface area contributed by atoms with Crippen molar-refractivity contribution in [2.75, 3.05) is 4.90 Å². The second kappa shape index (κ2) is 10.7. The van der Waals surface area contributed by atoms with Gasteiger partial charge in [0.25, 0.3) is 0 Å². The van der Waals surface area contributed by atoms with Crippen LogP contribution in [0, 0.1) is 0 Å². The van der Waals surface area contributed by atoms with Crippen LogP contribution >= 0.6 is 0 Å². The molecule has 238 valence electrons. The van der Waals surface area contributed by atoms with Crippen LogP contribution in [0.25, 0.3) is 55.3 Å². The summed E-state index contributed by atoms with van der Waals surface area (Å²) in [5.41, 5.74) is 17.5. The zero-order valence-electron chi connectivity index (χ0n) is 27.8. The average Bonchev–Trinajstić information content (AvgIpc) is 3.82. The van der Waals surface area contributed by atoms with Gasteiger partial charge in [0.15, 0.2) is 0 Å². The largest absolute Gasteiger partial charge is 0.456 e. The van der Waals surface area contributed by atoms with Crippen LogP contribution in [-0.4, -0.2) is 0 Å². The Hall–Kier alpha value is -6.64. The van der Waals surface area contributed by atoms with E-state index in [2.05, 4.69) is 181 Å². The maximum absolute atomic E-state index is 6.47. The first-order chi connectivity index (χ1) is 25.3. The molecule has 0 amide bonds. The molecule has 2 nitrogen and oxygen atoms in total. The Labute approximate surface area is 296 Å². The second-order valence-corrected chi connectivity index (χ2v) is 13.6. The van der Waals surface area contributed by atoms with E-state index < -0.39 is 5.41 Å². The van der Waals surface area contributed by atoms with Crippen molar-refractivity contribution in [1.82, 2.24) is 0 Å². The lowest BCUT2D eigenvalue weighted by Crippen LogP contribution is -2.26. The molecule has 0 radical (unpaired) electrons. The predicted molar refractivity (Wildman–Crippen MR) is 210 cm³/mol. The Morgan fingerprint density at radius 1 is 0.353 bits per heavy atom. The molecule has 0 bridgehead atoms. The van der Waals surface area contributed by atoms with Crippen molar-refractivity contribution in [2.24, 2.45) is 0 Å². The third kappa shape index (κ3) is 3.87. The molecule has 1 spiro atoms. The minimum atomic E-state index is -0.428. The van der Waals surface area contributed by atoms with E-state index in [-0.39, 0.29) is 0 Å². The molecule has 9 aromatic rings. The standard InChI is InChI=1S/C49H31NO/c1-2-14-32(15-3-1)35-16-7-12-24-46(35)50(34-27-29-41-40-20-8-13-25-47(40)51-48(41)31-34)33-26-28-39-38-19-6-11-23-44(38)49(45(39)30-33)42-21-9-4-17-36(42)37-18-5-10-22-43(37)49/h1-31H. The summed E-state index contributed by atoms with van der Waals surface area (Å²) in [6.07, 6.45) is 0. The lowest BCUT2D eigenvalue weighted by molar-refractivity contribution is 0.669. The van der Waals surface area contributed by atoms with Crippen molar-refractivity contribution in [3.63, 3.8) is 0 Å². The van der Waals surface area contributed by atoms with Gasteiger partial charge in [0.2, 0.25) is 0 Å². The maximum Gasteiger partial charge on any atom is 0.137 e.